The van der Waals surface area contributed by atoms with Gasteiger partial charge >= 0.3 is 0 Å². The second-order valence-electron chi connectivity index (χ2n) is 5.34. The van der Waals surface area contributed by atoms with E-state index in [1.165, 1.54) is 6.42 Å². The van der Waals surface area contributed by atoms with Crippen LogP contribution in [0.25, 0.3) is 0 Å². The van der Waals surface area contributed by atoms with Gasteiger partial charge in [0.15, 0.2) is 0 Å². The number of nitrogens with one attached hydrogen (secondary N) is 1. The van der Waals surface area contributed by atoms with E-state index in [4.69, 9.17) is 0 Å². The number of hydrogen-bond donors (Lipinski definition) is 1. The molecule has 4 nitrogen and oxygen atoms in total. The third kappa shape index (κ3) is 3.77. The van der Waals surface area contributed by atoms with Crippen molar-refractivity contribution in [1.29, 1.82) is 0 Å². The van der Waals surface area contributed by atoms with Gasteiger partial charge in [0.1, 0.15) is 0 Å². The summed E-state index contributed by atoms with van der Waals surface area (Å²) < 4.78 is 0. The fourth-order valence-electron chi connectivity index (χ4n) is 2.57. The average molecular weight is 261 g/mol. The highest BCUT2D eigenvalue weighted by atomic mass is 16.2. The number of aromatic nitrogens is 1. The molecule has 1 fully saturated rings. The standard InChI is InChI=1S/C15H23N3O/c1-3-18(11-13-5-7-16-8-6-13)15(19)14-10-12(2)4-9-17-14/h5-8,12,14,17H,3-4,9-11H2,1-2H3. The van der Waals surface area contributed by atoms with Crippen LogP contribution in [0.15, 0.2) is 24.5 Å². The van der Waals surface area contributed by atoms with Gasteiger partial charge in [0.25, 0.3) is 0 Å². The van der Waals surface area contributed by atoms with Crippen LogP contribution >= 0.6 is 0 Å². The van der Waals surface area contributed by atoms with Crippen molar-refractivity contribution in [2.24, 2.45) is 5.92 Å². The molecule has 0 bridgehead atoms. The highest BCUT2D eigenvalue weighted by molar-refractivity contribution is 5.82. The van der Waals surface area contributed by atoms with Crippen LogP contribution in [0.1, 0.15) is 32.3 Å². The number of piperidine rings is 1. The lowest BCUT2D eigenvalue weighted by molar-refractivity contribution is -0.134. The fourth-order valence-corrected chi connectivity index (χ4v) is 2.57. The molecule has 2 atom stereocenters. The highest BCUT2D eigenvalue weighted by Gasteiger charge is 2.27. The summed E-state index contributed by atoms with van der Waals surface area (Å²) in [5.74, 6) is 0.862. The number of likely N-dealkylation sites (N-methyl/N-ethyl adjacent to an activating group) is 1. The Kier molecular flexibility index (Phi) is 4.91. The Hall–Kier alpha value is -1.42. The Morgan fingerprint density at radius 1 is 1.47 bits per heavy atom. The number of rotatable bonds is 4. The Labute approximate surface area is 115 Å². The van der Waals surface area contributed by atoms with E-state index in [0.717, 1.165) is 25.1 Å². The maximum atomic E-state index is 12.5. The van der Waals surface area contributed by atoms with Crippen molar-refractivity contribution >= 4 is 5.91 Å². The molecule has 1 saturated heterocycles. The molecule has 1 aliphatic heterocycles. The number of hydrogen-bond acceptors (Lipinski definition) is 3. The van der Waals surface area contributed by atoms with Gasteiger partial charge in [-0.15, -0.1) is 0 Å². The van der Waals surface area contributed by atoms with Crippen molar-refractivity contribution in [1.82, 2.24) is 15.2 Å². The average Bonchev–Trinajstić information content (AvgIpc) is 2.45. The van der Waals surface area contributed by atoms with Crippen LogP contribution < -0.4 is 5.32 Å². The van der Waals surface area contributed by atoms with Gasteiger partial charge in [-0.25, -0.2) is 0 Å². The predicted molar refractivity (Wildman–Crippen MR) is 75.5 cm³/mol. The summed E-state index contributed by atoms with van der Waals surface area (Å²) >= 11 is 0. The Morgan fingerprint density at radius 3 is 2.84 bits per heavy atom. The molecule has 104 valence electrons. The van der Waals surface area contributed by atoms with E-state index in [9.17, 15) is 4.79 Å². The molecule has 4 heteroatoms. The second-order valence-corrected chi connectivity index (χ2v) is 5.34. The number of carbonyl (C=O) groups is 1. The summed E-state index contributed by atoms with van der Waals surface area (Å²) in [6.45, 7) is 6.62. The summed E-state index contributed by atoms with van der Waals surface area (Å²) in [7, 11) is 0. The molecule has 1 aromatic rings. The minimum absolute atomic E-state index is 0.00876. The van der Waals surface area contributed by atoms with Crippen molar-refractivity contribution in [3.8, 4) is 0 Å². The normalized spacial score (nSPS) is 23.1. The molecule has 0 radical (unpaired) electrons. The second kappa shape index (κ2) is 6.66. The molecule has 2 unspecified atom stereocenters. The minimum atomic E-state index is -0.00876. The van der Waals surface area contributed by atoms with Gasteiger partial charge in [0.2, 0.25) is 5.91 Å². The largest absolute Gasteiger partial charge is 0.337 e. The number of pyridine rings is 1. The highest BCUT2D eigenvalue weighted by Crippen LogP contribution is 2.17. The quantitative estimate of drug-likeness (QED) is 0.899. The third-order valence-corrected chi connectivity index (χ3v) is 3.78. The van der Waals surface area contributed by atoms with Crippen LogP contribution in [0.2, 0.25) is 0 Å². The molecule has 1 aliphatic rings. The maximum Gasteiger partial charge on any atom is 0.240 e. The zero-order valence-electron chi connectivity index (χ0n) is 11.8. The summed E-state index contributed by atoms with van der Waals surface area (Å²) in [6, 6.07) is 3.92. The zero-order valence-corrected chi connectivity index (χ0v) is 11.8. The molecule has 0 aromatic carbocycles. The van der Waals surface area contributed by atoms with Crippen LogP contribution in [-0.4, -0.2) is 34.9 Å². The monoisotopic (exact) mass is 261 g/mol. The van der Waals surface area contributed by atoms with Crippen molar-refractivity contribution in [2.75, 3.05) is 13.1 Å². The van der Waals surface area contributed by atoms with Gasteiger partial charge in [0, 0.05) is 25.5 Å². The van der Waals surface area contributed by atoms with Crippen molar-refractivity contribution in [2.45, 2.75) is 39.3 Å². The van der Waals surface area contributed by atoms with E-state index in [1.54, 1.807) is 12.4 Å². The zero-order chi connectivity index (χ0) is 13.7. The topological polar surface area (TPSA) is 45.2 Å². The van der Waals surface area contributed by atoms with Gasteiger partial charge in [-0.05, 0) is 49.9 Å². The lowest BCUT2D eigenvalue weighted by Crippen LogP contribution is -2.49. The number of amides is 1. The van der Waals surface area contributed by atoms with Crippen molar-refractivity contribution in [3.63, 3.8) is 0 Å². The van der Waals surface area contributed by atoms with Gasteiger partial charge in [0.05, 0.1) is 6.04 Å². The van der Waals surface area contributed by atoms with Gasteiger partial charge < -0.3 is 10.2 Å². The molecule has 19 heavy (non-hydrogen) atoms. The minimum Gasteiger partial charge on any atom is -0.337 e. The molecule has 1 amide bonds. The van der Waals surface area contributed by atoms with Gasteiger partial charge in [-0.1, -0.05) is 6.92 Å². The first kappa shape index (κ1) is 14.0. The van der Waals surface area contributed by atoms with Crippen LogP contribution in [-0.2, 0) is 11.3 Å². The number of carbonyl (C=O) groups excluding carboxylic acids is 1. The predicted octanol–water partition coefficient (Wildman–Crippen LogP) is 1.82. The van der Waals surface area contributed by atoms with Gasteiger partial charge in [-0.2, -0.15) is 0 Å². The number of nitrogens with zero attached hydrogens (tertiary/aromatic N) is 2. The lowest BCUT2D eigenvalue weighted by atomic mass is 9.93. The third-order valence-electron chi connectivity index (χ3n) is 3.78. The molecule has 0 saturated carbocycles. The Morgan fingerprint density at radius 2 is 2.21 bits per heavy atom. The molecule has 2 rings (SSSR count). The molecule has 0 spiro atoms. The van der Waals surface area contributed by atoms with E-state index in [0.29, 0.717) is 12.5 Å². The van der Waals surface area contributed by atoms with Gasteiger partial charge in [-0.3, -0.25) is 9.78 Å². The van der Waals surface area contributed by atoms with E-state index in [-0.39, 0.29) is 11.9 Å². The fraction of sp³-hybridized carbons (Fsp3) is 0.600. The molecule has 1 N–H and O–H groups in total. The maximum absolute atomic E-state index is 12.5. The Bertz CT molecular complexity index is 407. The summed E-state index contributed by atoms with van der Waals surface area (Å²) in [5, 5.41) is 3.35. The van der Waals surface area contributed by atoms with Crippen LogP contribution in [0.5, 0.6) is 0 Å². The molecule has 2 heterocycles. The van der Waals surface area contributed by atoms with Crippen LogP contribution in [0.3, 0.4) is 0 Å². The van der Waals surface area contributed by atoms with E-state index in [1.807, 2.05) is 24.0 Å². The Balaban J connectivity index is 1.98. The first-order valence-corrected chi connectivity index (χ1v) is 7.11. The summed E-state index contributed by atoms with van der Waals surface area (Å²) in [6.07, 6.45) is 5.66. The first-order chi connectivity index (χ1) is 9.20. The molecule has 1 aromatic heterocycles. The van der Waals surface area contributed by atoms with Crippen molar-refractivity contribution < 1.29 is 4.79 Å². The van der Waals surface area contributed by atoms with Crippen LogP contribution in [0.4, 0.5) is 0 Å². The SMILES string of the molecule is CCN(Cc1ccncc1)C(=O)C1CC(C)CCN1. The van der Waals surface area contributed by atoms with Crippen LogP contribution in [0, 0.1) is 5.92 Å². The molecular weight excluding hydrogens is 238 g/mol. The van der Waals surface area contributed by atoms with E-state index >= 15 is 0 Å². The molecule has 0 aliphatic carbocycles. The van der Waals surface area contributed by atoms with Crippen molar-refractivity contribution in [3.05, 3.63) is 30.1 Å². The van der Waals surface area contributed by atoms with E-state index < -0.39 is 0 Å². The first-order valence-electron chi connectivity index (χ1n) is 7.11. The lowest BCUT2D eigenvalue weighted by Gasteiger charge is -2.32. The summed E-state index contributed by atoms with van der Waals surface area (Å²) in [5.41, 5.74) is 1.13. The molecular formula is C15H23N3O. The smallest absolute Gasteiger partial charge is 0.240 e. The van der Waals surface area contributed by atoms with E-state index in [2.05, 4.69) is 17.2 Å². The summed E-state index contributed by atoms with van der Waals surface area (Å²) in [4.78, 5) is 18.5.